The van der Waals surface area contributed by atoms with Gasteiger partial charge in [-0.1, -0.05) is 30.7 Å². The van der Waals surface area contributed by atoms with Gasteiger partial charge in [-0.3, -0.25) is 4.79 Å². The maximum absolute atomic E-state index is 11.1. The van der Waals surface area contributed by atoms with Crippen molar-refractivity contribution in [2.75, 3.05) is 0 Å². The first-order chi connectivity index (χ1) is 11.6. The van der Waals surface area contributed by atoms with E-state index in [0.29, 0.717) is 11.4 Å². The molecule has 0 radical (unpaired) electrons. The van der Waals surface area contributed by atoms with Gasteiger partial charge in [0.25, 0.3) is 5.56 Å². The van der Waals surface area contributed by atoms with Gasteiger partial charge in [0.1, 0.15) is 11.5 Å². The van der Waals surface area contributed by atoms with Gasteiger partial charge < -0.3 is 4.74 Å². The van der Waals surface area contributed by atoms with Gasteiger partial charge >= 0.3 is 0 Å². The van der Waals surface area contributed by atoms with E-state index in [9.17, 15) is 4.79 Å². The topological polar surface area (TPSA) is 55.0 Å². The summed E-state index contributed by atoms with van der Waals surface area (Å²) in [5.41, 5.74) is 2.79. The molecule has 122 valence electrons. The van der Waals surface area contributed by atoms with Crippen LogP contribution in [0.3, 0.4) is 0 Å². The fourth-order valence-electron chi connectivity index (χ4n) is 2.41. The van der Waals surface area contributed by atoms with E-state index >= 15 is 0 Å². The number of ether oxygens (including phenoxy) is 1. The van der Waals surface area contributed by atoms with Gasteiger partial charge in [-0.15, -0.1) is 0 Å². The first kappa shape index (κ1) is 16.3. The highest BCUT2D eigenvalue weighted by atomic mass is 35.5. The number of benzene rings is 2. The van der Waals surface area contributed by atoms with Crippen LogP contribution in [0.2, 0.25) is 5.02 Å². The summed E-state index contributed by atoms with van der Waals surface area (Å²) in [5, 5.41) is 7.18. The highest BCUT2D eigenvalue weighted by Crippen LogP contribution is 2.28. The van der Waals surface area contributed by atoms with Crippen LogP contribution in [0.15, 0.2) is 59.4 Å². The second kappa shape index (κ2) is 7.32. The maximum Gasteiger partial charge on any atom is 0.264 e. The summed E-state index contributed by atoms with van der Waals surface area (Å²) >= 11 is 5.91. The quantitative estimate of drug-likeness (QED) is 0.750. The highest BCUT2D eigenvalue weighted by molar-refractivity contribution is 6.30. The highest BCUT2D eigenvalue weighted by Gasteiger charge is 2.07. The number of hydrogen-bond donors (Lipinski definition) is 1. The summed E-state index contributed by atoms with van der Waals surface area (Å²) in [4.78, 5) is 11.1. The normalized spacial score (nSPS) is 10.6. The van der Waals surface area contributed by atoms with Gasteiger partial charge in [0, 0.05) is 17.5 Å². The maximum atomic E-state index is 11.1. The molecule has 0 saturated heterocycles. The van der Waals surface area contributed by atoms with Crippen molar-refractivity contribution in [3.8, 4) is 11.5 Å². The average Bonchev–Trinajstić information content (AvgIpc) is 2.59. The molecule has 3 aromatic rings. The molecule has 0 aliphatic heterocycles. The minimum absolute atomic E-state index is 0.202. The van der Waals surface area contributed by atoms with Crippen molar-refractivity contribution >= 4 is 11.6 Å². The van der Waals surface area contributed by atoms with E-state index in [1.807, 2.05) is 18.2 Å². The van der Waals surface area contributed by atoms with E-state index in [1.165, 1.54) is 6.07 Å². The molecule has 1 heterocycles. The second-order valence-electron chi connectivity index (χ2n) is 5.44. The van der Waals surface area contributed by atoms with Crippen molar-refractivity contribution < 1.29 is 4.74 Å². The fourth-order valence-corrected chi connectivity index (χ4v) is 2.53. The van der Waals surface area contributed by atoms with Crippen LogP contribution in [0.25, 0.3) is 0 Å². The van der Waals surface area contributed by atoms with Crippen molar-refractivity contribution in [3.05, 3.63) is 86.8 Å². The van der Waals surface area contributed by atoms with Gasteiger partial charge in [0.05, 0.1) is 5.69 Å². The third-order valence-corrected chi connectivity index (χ3v) is 3.93. The Hall–Kier alpha value is -2.59. The minimum atomic E-state index is -0.202. The first-order valence-electron chi connectivity index (χ1n) is 7.74. The largest absolute Gasteiger partial charge is 0.457 e. The van der Waals surface area contributed by atoms with Crippen LogP contribution in [0.5, 0.6) is 11.5 Å². The van der Waals surface area contributed by atoms with Crippen molar-refractivity contribution in [1.82, 2.24) is 10.2 Å². The molecule has 0 atom stereocenters. The van der Waals surface area contributed by atoms with Gasteiger partial charge in [0.2, 0.25) is 0 Å². The van der Waals surface area contributed by atoms with Crippen LogP contribution in [-0.4, -0.2) is 10.2 Å². The Morgan fingerprint density at radius 1 is 1.08 bits per heavy atom. The Kier molecular flexibility index (Phi) is 4.96. The minimum Gasteiger partial charge on any atom is -0.457 e. The SMILES string of the molecule is CCc1ccc(Cc2ccc(=O)[nH]n2)cc1Oc1ccc(Cl)cc1. The van der Waals surface area contributed by atoms with E-state index in [2.05, 4.69) is 29.3 Å². The van der Waals surface area contributed by atoms with Crippen molar-refractivity contribution in [2.45, 2.75) is 19.8 Å². The molecule has 4 nitrogen and oxygen atoms in total. The molecule has 5 heteroatoms. The fraction of sp³-hybridized carbons (Fsp3) is 0.158. The molecule has 1 aromatic heterocycles. The summed E-state index contributed by atoms with van der Waals surface area (Å²) < 4.78 is 6.02. The zero-order valence-corrected chi connectivity index (χ0v) is 14.0. The Balaban J connectivity index is 1.85. The third-order valence-electron chi connectivity index (χ3n) is 3.68. The lowest BCUT2D eigenvalue weighted by Gasteiger charge is -2.12. The number of hydrogen-bond acceptors (Lipinski definition) is 3. The molecule has 0 aliphatic rings. The van der Waals surface area contributed by atoms with Crippen LogP contribution in [0.1, 0.15) is 23.7 Å². The zero-order valence-electron chi connectivity index (χ0n) is 13.3. The van der Waals surface area contributed by atoms with Crippen LogP contribution < -0.4 is 10.3 Å². The van der Waals surface area contributed by atoms with Crippen molar-refractivity contribution in [2.24, 2.45) is 0 Å². The molecule has 0 spiro atoms. The zero-order chi connectivity index (χ0) is 16.9. The molecule has 1 N–H and O–H groups in total. The predicted octanol–water partition coefficient (Wildman–Crippen LogP) is 4.37. The lowest BCUT2D eigenvalue weighted by molar-refractivity contribution is 0.476. The third kappa shape index (κ3) is 4.03. The monoisotopic (exact) mass is 340 g/mol. The predicted molar refractivity (Wildman–Crippen MR) is 95.0 cm³/mol. The summed E-state index contributed by atoms with van der Waals surface area (Å²) in [5.74, 6) is 1.56. The molecule has 24 heavy (non-hydrogen) atoms. The standard InChI is InChI=1S/C19H17ClN2O2/c1-2-14-4-3-13(11-16-7-10-19(23)22-21-16)12-18(14)24-17-8-5-15(20)6-9-17/h3-10,12H,2,11H2,1H3,(H,22,23). The van der Waals surface area contributed by atoms with E-state index in [-0.39, 0.29) is 5.56 Å². The van der Waals surface area contributed by atoms with Gasteiger partial charge in [-0.05, 0) is 53.9 Å². The number of rotatable bonds is 5. The molecule has 0 bridgehead atoms. The van der Waals surface area contributed by atoms with Crippen molar-refractivity contribution in [3.63, 3.8) is 0 Å². The molecular weight excluding hydrogens is 324 g/mol. The summed E-state index contributed by atoms with van der Waals surface area (Å²) in [6.07, 6.45) is 1.50. The molecule has 0 saturated carbocycles. The van der Waals surface area contributed by atoms with Crippen LogP contribution in [-0.2, 0) is 12.8 Å². The van der Waals surface area contributed by atoms with Gasteiger partial charge in [-0.2, -0.15) is 5.10 Å². The molecule has 2 aromatic carbocycles. The van der Waals surface area contributed by atoms with Gasteiger partial charge in [0.15, 0.2) is 0 Å². The average molecular weight is 341 g/mol. The van der Waals surface area contributed by atoms with E-state index in [0.717, 1.165) is 34.7 Å². The summed E-state index contributed by atoms with van der Waals surface area (Å²) in [6.45, 7) is 2.09. The molecule has 0 unspecified atom stereocenters. The number of nitrogens with zero attached hydrogens (tertiary/aromatic N) is 1. The van der Waals surface area contributed by atoms with E-state index < -0.39 is 0 Å². The van der Waals surface area contributed by atoms with E-state index in [1.54, 1.807) is 18.2 Å². The number of H-pyrrole nitrogens is 1. The Morgan fingerprint density at radius 2 is 1.88 bits per heavy atom. The Labute approximate surface area is 145 Å². The smallest absolute Gasteiger partial charge is 0.264 e. The first-order valence-corrected chi connectivity index (χ1v) is 8.11. The Morgan fingerprint density at radius 3 is 2.54 bits per heavy atom. The molecule has 0 fully saturated rings. The number of aromatic nitrogens is 2. The second-order valence-corrected chi connectivity index (χ2v) is 5.88. The molecular formula is C19H17ClN2O2. The lowest BCUT2D eigenvalue weighted by Crippen LogP contribution is -2.07. The van der Waals surface area contributed by atoms with Crippen LogP contribution >= 0.6 is 11.6 Å². The van der Waals surface area contributed by atoms with Crippen molar-refractivity contribution in [1.29, 1.82) is 0 Å². The molecule has 0 aliphatic carbocycles. The van der Waals surface area contributed by atoms with Crippen LogP contribution in [0, 0.1) is 0 Å². The number of aromatic amines is 1. The number of nitrogens with one attached hydrogen (secondary N) is 1. The summed E-state index contributed by atoms with van der Waals surface area (Å²) in [7, 11) is 0. The number of aryl methyl sites for hydroxylation is 1. The molecule has 3 rings (SSSR count). The number of halogens is 1. The van der Waals surface area contributed by atoms with Crippen LogP contribution in [0.4, 0.5) is 0 Å². The van der Waals surface area contributed by atoms with E-state index in [4.69, 9.17) is 16.3 Å². The molecule has 0 amide bonds. The van der Waals surface area contributed by atoms with Gasteiger partial charge in [-0.25, -0.2) is 5.10 Å². The summed E-state index contributed by atoms with van der Waals surface area (Å²) in [6, 6.07) is 16.6. The lowest BCUT2D eigenvalue weighted by atomic mass is 10.0. The Bertz CT molecular complexity index is 868.